The predicted octanol–water partition coefficient (Wildman–Crippen LogP) is 4.49. The lowest BCUT2D eigenvalue weighted by Gasteiger charge is -2.36. The number of benzene rings is 1. The molecule has 5 nitrogen and oxygen atoms in total. The van der Waals surface area contributed by atoms with E-state index in [4.69, 9.17) is 15.7 Å². The zero-order valence-electron chi connectivity index (χ0n) is 17.8. The van der Waals surface area contributed by atoms with Crippen LogP contribution in [0.5, 0.6) is 0 Å². The van der Waals surface area contributed by atoms with E-state index in [-0.39, 0.29) is 5.92 Å². The second-order valence-corrected chi connectivity index (χ2v) is 8.48. The highest BCUT2D eigenvalue weighted by atomic mass is 15.2. The van der Waals surface area contributed by atoms with Crippen molar-refractivity contribution >= 4 is 11.5 Å². The molecule has 0 spiro atoms. The van der Waals surface area contributed by atoms with Crippen LogP contribution in [-0.2, 0) is 19.3 Å². The van der Waals surface area contributed by atoms with Crippen LogP contribution in [0.15, 0.2) is 12.1 Å². The minimum absolute atomic E-state index is 0.286. The van der Waals surface area contributed by atoms with Crippen LogP contribution >= 0.6 is 0 Å². The Labute approximate surface area is 174 Å². The summed E-state index contributed by atoms with van der Waals surface area (Å²) in [4.78, 5) is 12.2. The lowest BCUT2D eigenvalue weighted by molar-refractivity contribution is 0.543. The molecule has 0 radical (unpaired) electrons. The minimum Gasteiger partial charge on any atom is -0.398 e. The molecule has 0 amide bonds. The van der Waals surface area contributed by atoms with Gasteiger partial charge in [-0.25, -0.2) is 9.97 Å². The summed E-state index contributed by atoms with van der Waals surface area (Å²) in [6, 6.07) is 6.45. The van der Waals surface area contributed by atoms with E-state index in [0.717, 1.165) is 62.4 Å². The first-order valence-electron chi connectivity index (χ1n) is 11.0. The number of nitriles is 1. The average molecular weight is 390 g/mol. The average Bonchev–Trinajstić information content (AvgIpc) is 2.70. The standard InChI is InChI=1S/C24H31N5/c1-4-15(3)17-9-10-20(26)19(14-25)23(17)16-7-8-18-21(13-16)27-22(5-2)28-24(18)29-11-6-12-29/h9-10,15-16H,4-8,11-13,26H2,1-3H3/t15-,16?/m0/s1. The van der Waals surface area contributed by atoms with Gasteiger partial charge < -0.3 is 10.6 Å². The Morgan fingerprint density at radius 3 is 2.69 bits per heavy atom. The molecule has 1 aliphatic heterocycles. The van der Waals surface area contributed by atoms with Gasteiger partial charge in [0.05, 0.1) is 11.3 Å². The molecule has 152 valence electrons. The van der Waals surface area contributed by atoms with Gasteiger partial charge >= 0.3 is 0 Å². The summed E-state index contributed by atoms with van der Waals surface area (Å²) in [5.41, 5.74) is 12.4. The zero-order chi connectivity index (χ0) is 20.5. The van der Waals surface area contributed by atoms with Crippen molar-refractivity contribution < 1.29 is 0 Å². The molecule has 2 aromatic rings. The molecule has 1 saturated heterocycles. The van der Waals surface area contributed by atoms with Crippen molar-refractivity contribution in [2.75, 3.05) is 23.7 Å². The monoisotopic (exact) mass is 389 g/mol. The van der Waals surface area contributed by atoms with Crippen LogP contribution in [0, 0.1) is 11.3 Å². The van der Waals surface area contributed by atoms with Crippen molar-refractivity contribution in [2.45, 2.75) is 71.1 Å². The van der Waals surface area contributed by atoms with Crippen LogP contribution in [0.4, 0.5) is 11.5 Å². The number of rotatable bonds is 5. The molecule has 2 heterocycles. The maximum Gasteiger partial charge on any atom is 0.135 e. The Balaban J connectivity index is 1.78. The van der Waals surface area contributed by atoms with Crippen molar-refractivity contribution in [3.05, 3.63) is 45.9 Å². The number of anilines is 2. The molecular formula is C24H31N5. The highest BCUT2D eigenvalue weighted by Crippen LogP contribution is 2.42. The smallest absolute Gasteiger partial charge is 0.135 e. The highest BCUT2D eigenvalue weighted by molar-refractivity contribution is 5.63. The van der Waals surface area contributed by atoms with Gasteiger partial charge in [-0.2, -0.15) is 5.26 Å². The van der Waals surface area contributed by atoms with Crippen LogP contribution in [0.2, 0.25) is 0 Å². The molecule has 2 aliphatic rings. The van der Waals surface area contributed by atoms with E-state index in [1.54, 1.807) is 0 Å². The van der Waals surface area contributed by atoms with E-state index in [9.17, 15) is 5.26 Å². The quantitative estimate of drug-likeness (QED) is 0.762. The number of aromatic nitrogens is 2. The number of hydrogen-bond donors (Lipinski definition) is 1. The molecule has 0 bridgehead atoms. The second-order valence-electron chi connectivity index (χ2n) is 8.48. The maximum atomic E-state index is 9.88. The molecule has 1 aromatic carbocycles. The summed E-state index contributed by atoms with van der Waals surface area (Å²) >= 11 is 0. The summed E-state index contributed by atoms with van der Waals surface area (Å²) in [7, 11) is 0. The molecule has 1 aromatic heterocycles. The van der Waals surface area contributed by atoms with Gasteiger partial charge in [0.25, 0.3) is 0 Å². The lowest BCUT2D eigenvalue weighted by atomic mass is 9.76. The Morgan fingerprint density at radius 1 is 1.28 bits per heavy atom. The van der Waals surface area contributed by atoms with Crippen LogP contribution < -0.4 is 10.6 Å². The molecule has 29 heavy (non-hydrogen) atoms. The third kappa shape index (κ3) is 3.46. The highest BCUT2D eigenvalue weighted by Gasteiger charge is 2.31. The van der Waals surface area contributed by atoms with Gasteiger partial charge in [0.2, 0.25) is 0 Å². The van der Waals surface area contributed by atoms with Crippen molar-refractivity contribution in [1.29, 1.82) is 5.26 Å². The number of aryl methyl sites for hydroxylation is 1. The number of nitrogens with two attached hydrogens (primary N) is 1. The summed E-state index contributed by atoms with van der Waals surface area (Å²) in [6.07, 6.45) is 5.99. The molecule has 1 aliphatic carbocycles. The molecule has 4 rings (SSSR count). The zero-order valence-corrected chi connectivity index (χ0v) is 17.8. The van der Waals surface area contributed by atoms with E-state index in [2.05, 4.69) is 37.8 Å². The molecular weight excluding hydrogens is 358 g/mol. The van der Waals surface area contributed by atoms with Gasteiger partial charge in [-0.15, -0.1) is 0 Å². The van der Waals surface area contributed by atoms with E-state index in [1.807, 2.05) is 6.07 Å². The fourth-order valence-electron chi connectivity index (χ4n) is 4.71. The van der Waals surface area contributed by atoms with Gasteiger partial charge in [0.15, 0.2) is 0 Å². The first-order chi connectivity index (χ1) is 14.1. The molecule has 1 fully saturated rings. The van der Waals surface area contributed by atoms with Crippen molar-refractivity contribution in [1.82, 2.24) is 9.97 Å². The first-order valence-corrected chi connectivity index (χ1v) is 11.0. The second kappa shape index (κ2) is 8.02. The molecule has 1 unspecified atom stereocenters. The predicted molar refractivity (Wildman–Crippen MR) is 117 cm³/mol. The van der Waals surface area contributed by atoms with Crippen LogP contribution in [0.1, 0.15) is 85.6 Å². The van der Waals surface area contributed by atoms with Crippen molar-refractivity contribution in [3.8, 4) is 6.07 Å². The molecule has 2 N–H and O–H groups in total. The van der Waals surface area contributed by atoms with Crippen LogP contribution in [0.25, 0.3) is 0 Å². The third-order valence-electron chi connectivity index (χ3n) is 6.75. The molecule has 2 atom stereocenters. The van der Waals surface area contributed by atoms with Crippen molar-refractivity contribution in [3.63, 3.8) is 0 Å². The summed E-state index contributed by atoms with van der Waals surface area (Å²) < 4.78 is 0. The number of nitrogens with zero attached hydrogens (tertiary/aromatic N) is 4. The van der Waals surface area contributed by atoms with Crippen molar-refractivity contribution in [2.24, 2.45) is 0 Å². The van der Waals surface area contributed by atoms with Gasteiger partial charge in [0.1, 0.15) is 17.7 Å². The lowest BCUT2D eigenvalue weighted by Crippen LogP contribution is -2.39. The molecule has 0 saturated carbocycles. The Bertz CT molecular complexity index is 955. The Hall–Kier alpha value is -2.61. The summed E-state index contributed by atoms with van der Waals surface area (Å²) in [6.45, 7) is 8.76. The van der Waals surface area contributed by atoms with Crippen LogP contribution in [-0.4, -0.2) is 23.1 Å². The summed E-state index contributed by atoms with van der Waals surface area (Å²) in [5.74, 6) is 2.79. The van der Waals surface area contributed by atoms with Crippen LogP contribution in [0.3, 0.4) is 0 Å². The van der Waals surface area contributed by atoms with Gasteiger partial charge in [-0.3, -0.25) is 0 Å². The number of nitrogen functional groups attached to an aromatic ring is 1. The Kier molecular flexibility index (Phi) is 5.45. The van der Waals surface area contributed by atoms with Gasteiger partial charge in [-0.05, 0) is 61.1 Å². The largest absolute Gasteiger partial charge is 0.398 e. The maximum absolute atomic E-state index is 9.88. The number of hydrogen-bond acceptors (Lipinski definition) is 5. The Morgan fingerprint density at radius 2 is 2.07 bits per heavy atom. The summed E-state index contributed by atoms with van der Waals surface area (Å²) in [5, 5.41) is 9.88. The third-order valence-corrected chi connectivity index (χ3v) is 6.75. The minimum atomic E-state index is 0.286. The normalized spacial score (nSPS) is 19.2. The number of fused-ring (bicyclic) bond motifs is 1. The first kappa shape index (κ1) is 19.7. The van der Waals surface area contributed by atoms with E-state index in [1.165, 1.54) is 23.2 Å². The molecule has 5 heteroatoms. The van der Waals surface area contributed by atoms with Gasteiger partial charge in [-0.1, -0.05) is 26.8 Å². The van der Waals surface area contributed by atoms with Gasteiger partial charge in [0, 0.05) is 30.8 Å². The fourth-order valence-corrected chi connectivity index (χ4v) is 4.71. The SMILES string of the molecule is CCc1nc2c(c(N3CCC3)n1)CCC(c1c([C@@H](C)CC)ccc(N)c1C#N)C2. The van der Waals surface area contributed by atoms with E-state index < -0.39 is 0 Å². The topological polar surface area (TPSA) is 78.8 Å². The van der Waals surface area contributed by atoms with E-state index >= 15 is 0 Å². The fraction of sp³-hybridized carbons (Fsp3) is 0.542. The van der Waals surface area contributed by atoms with E-state index in [0.29, 0.717) is 17.2 Å².